The van der Waals surface area contributed by atoms with Crippen LogP contribution in [0, 0.1) is 11.6 Å². The molecule has 0 radical (unpaired) electrons. The molecule has 0 aliphatic carbocycles. The molecule has 4 nitrogen and oxygen atoms in total. The van der Waals surface area contributed by atoms with Gasteiger partial charge < -0.3 is 0 Å². The third-order valence-electron chi connectivity index (χ3n) is 4.01. The Morgan fingerprint density at radius 1 is 0.750 bits per heavy atom. The van der Waals surface area contributed by atoms with Gasteiger partial charge in [0.25, 0.3) is 10.2 Å². The van der Waals surface area contributed by atoms with Gasteiger partial charge in [0.2, 0.25) is 0 Å². The van der Waals surface area contributed by atoms with Gasteiger partial charge in [-0.1, -0.05) is 24.3 Å². The zero-order valence-electron chi connectivity index (χ0n) is 13.0. The first-order chi connectivity index (χ1) is 11.4. The normalized spacial score (nSPS) is 18.6. The third-order valence-corrected chi connectivity index (χ3v) is 5.94. The van der Waals surface area contributed by atoms with Crippen molar-refractivity contribution in [3.05, 3.63) is 71.3 Å². The maximum atomic E-state index is 13.0. The number of benzene rings is 2. The average Bonchev–Trinajstić information content (AvgIpc) is 2.55. The summed E-state index contributed by atoms with van der Waals surface area (Å²) in [4.78, 5) is 0. The second kappa shape index (κ2) is 6.96. The molecule has 0 spiro atoms. The number of rotatable bonds is 4. The summed E-state index contributed by atoms with van der Waals surface area (Å²) in [6.45, 7) is 1.28. The molecule has 2 aromatic rings. The van der Waals surface area contributed by atoms with Gasteiger partial charge in [0.05, 0.1) is 0 Å². The van der Waals surface area contributed by atoms with E-state index in [9.17, 15) is 17.2 Å². The van der Waals surface area contributed by atoms with Crippen LogP contribution in [-0.4, -0.2) is 30.1 Å². The van der Waals surface area contributed by atoms with Gasteiger partial charge >= 0.3 is 0 Å². The summed E-state index contributed by atoms with van der Waals surface area (Å²) in [7, 11) is -3.60. The van der Waals surface area contributed by atoms with Gasteiger partial charge in [-0.2, -0.15) is 17.0 Å². The molecule has 3 rings (SSSR count). The molecule has 2 aromatic carbocycles. The number of hydrogen-bond acceptors (Lipinski definition) is 2. The minimum atomic E-state index is -3.60. The molecule has 1 fully saturated rings. The monoisotopic (exact) mass is 352 g/mol. The summed E-state index contributed by atoms with van der Waals surface area (Å²) in [5.74, 6) is -0.698. The van der Waals surface area contributed by atoms with Crippen molar-refractivity contribution in [2.45, 2.75) is 19.5 Å². The Hall–Kier alpha value is -1.83. The van der Waals surface area contributed by atoms with Gasteiger partial charge in [0, 0.05) is 26.2 Å². The van der Waals surface area contributed by atoms with Crippen LogP contribution in [0.25, 0.3) is 0 Å². The van der Waals surface area contributed by atoms with E-state index in [2.05, 4.69) is 0 Å². The lowest BCUT2D eigenvalue weighted by atomic mass is 10.2. The minimum absolute atomic E-state index is 0.211. The second-order valence-electron chi connectivity index (χ2n) is 5.78. The topological polar surface area (TPSA) is 40.6 Å². The number of halogens is 2. The Kier molecular flexibility index (Phi) is 4.93. The van der Waals surface area contributed by atoms with E-state index in [1.807, 2.05) is 0 Å². The fourth-order valence-electron chi connectivity index (χ4n) is 2.73. The molecule has 7 heteroatoms. The van der Waals surface area contributed by atoms with E-state index in [0.717, 1.165) is 11.1 Å². The van der Waals surface area contributed by atoms with E-state index in [4.69, 9.17) is 0 Å². The molecule has 0 aromatic heterocycles. The third kappa shape index (κ3) is 3.80. The van der Waals surface area contributed by atoms with Crippen LogP contribution < -0.4 is 0 Å². The van der Waals surface area contributed by atoms with Crippen LogP contribution in [-0.2, 0) is 23.3 Å². The standard InChI is InChI=1S/C17H18F2N2O2S/c18-16-6-2-14(3-7-16)12-20-10-1-11-21(24(20,22)23)13-15-4-8-17(19)9-5-15/h2-9H,1,10-13H2. The zero-order valence-corrected chi connectivity index (χ0v) is 13.8. The largest absolute Gasteiger partial charge is 0.282 e. The zero-order chi connectivity index (χ0) is 17.2. The Morgan fingerprint density at radius 2 is 1.12 bits per heavy atom. The van der Waals surface area contributed by atoms with Crippen LogP contribution in [0.15, 0.2) is 48.5 Å². The smallest absolute Gasteiger partial charge is 0.207 e. The first kappa shape index (κ1) is 17.0. The van der Waals surface area contributed by atoms with Crippen LogP contribution in [0.4, 0.5) is 8.78 Å². The first-order valence-corrected chi connectivity index (χ1v) is 9.09. The van der Waals surface area contributed by atoms with Crippen LogP contribution in [0.1, 0.15) is 17.5 Å². The minimum Gasteiger partial charge on any atom is -0.207 e. The van der Waals surface area contributed by atoms with Crippen LogP contribution in [0.5, 0.6) is 0 Å². The van der Waals surface area contributed by atoms with Crippen LogP contribution in [0.2, 0.25) is 0 Å². The predicted molar refractivity (Wildman–Crippen MR) is 87.2 cm³/mol. The highest BCUT2D eigenvalue weighted by atomic mass is 32.2. The molecular weight excluding hydrogens is 334 g/mol. The molecule has 0 unspecified atom stereocenters. The van der Waals surface area contributed by atoms with Crippen molar-refractivity contribution >= 4 is 10.2 Å². The lowest BCUT2D eigenvalue weighted by molar-refractivity contribution is 0.276. The summed E-state index contributed by atoms with van der Waals surface area (Å²) in [6.07, 6.45) is 0.710. The lowest BCUT2D eigenvalue weighted by Crippen LogP contribution is -2.48. The SMILES string of the molecule is O=S1(=O)N(Cc2ccc(F)cc2)CCCN1Cc1ccc(F)cc1. The first-order valence-electron chi connectivity index (χ1n) is 7.69. The van der Waals surface area contributed by atoms with E-state index >= 15 is 0 Å². The quantitative estimate of drug-likeness (QED) is 0.849. The van der Waals surface area contributed by atoms with Crippen LogP contribution in [0.3, 0.4) is 0 Å². The van der Waals surface area contributed by atoms with Crippen molar-refractivity contribution in [2.75, 3.05) is 13.1 Å². The molecule has 24 heavy (non-hydrogen) atoms. The van der Waals surface area contributed by atoms with E-state index in [1.165, 1.54) is 32.9 Å². The van der Waals surface area contributed by atoms with Crippen molar-refractivity contribution in [3.63, 3.8) is 0 Å². The van der Waals surface area contributed by atoms with Gasteiger partial charge in [0.1, 0.15) is 11.6 Å². The molecule has 0 N–H and O–H groups in total. The Bertz CT molecular complexity index is 731. The lowest BCUT2D eigenvalue weighted by Gasteiger charge is -2.34. The van der Waals surface area contributed by atoms with Gasteiger partial charge in [-0.15, -0.1) is 0 Å². The predicted octanol–water partition coefficient (Wildman–Crippen LogP) is 2.92. The summed E-state index contributed by atoms with van der Waals surface area (Å²) in [5, 5.41) is 0. The van der Waals surface area contributed by atoms with E-state index in [-0.39, 0.29) is 24.7 Å². The molecule has 1 saturated heterocycles. The summed E-state index contributed by atoms with van der Waals surface area (Å²) in [5.41, 5.74) is 1.48. The molecule has 0 atom stereocenters. The van der Waals surface area contributed by atoms with Crippen LogP contribution >= 0.6 is 0 Å². The van der Waals surface area contributed by atoms with Gasteiger partial charge in [0.15, 0.2) is 0 Å². The van der Waals surface area contributed by atoms with Crippen molar-refractivity contribution in [2.24, 2.45) is 0 Å². The summed E-state index contributed by atoms with van der Waals surface area (Å²) in [6, 6.07) is 11.6. The number of nitrogens with zero attached hydrogens (tertiary/aromatic N) is 2. The van der Waals surface area contributed by atoms with E-state index in [0.29, 0.717) is 19.5 Å². The fourth-order valence-corrected chi connectivity index (χ4v) is 4.40. The molecule has 0 amide bonds. The maximum Gasteiger partial charge on any atom is 0.282 e. The highest BCUT2D eigenvalue weighted by molar-refractivity contribution is 7.86. The fraction of sp³-hybridized carbons (Fsp3) is 0.294. The second-order valence-corrected chi connectivity index (χ2v) is 7.71. The van der Waals surface area contributed by atoms with Crippen molar-refractivity contribution in [3.8, 4) is 0 Å². The van der Waals surface area contributed by atoms with Gasteiger partial charge in [-0.3, -0.25) is 0 Å². The highest BCUT2D eigenvalue weighted by Gasteiger charge is 2.33. The van der Waals surface area contributed by atoms with Crippen molar-refractivity contribution in [1.29, 1.82) is 0 Å². The molecule has 0 bridgehead atoms. The highest BCUT2D eigenvalue weighted by Crippen LogP contribution is 2.21. The molecule has 1 aliphatic heterocycles. The molecular formula is C17H18F2N2O2S. The van der Waals surface area contributed by atoms with Gasteiger partial charge in [-0.25, -0.2) is 8.78 Å². The summed E-state index contributed by atoms with van der Waals surface area (Å²) < 4.78 is 54.3. The van der Waals surface area contributed by atoms with E-state index < -0.39 is 10.2 Å². The Labute approximate surface area is 140 Å². The average molecular weight is 352 g/mol. The molecule has 128 valence electrons. The number of hydrogen-bond donors (Lipinski definition) is 0. The van der Waals surface area contributed by atoms with Gasteiger partial charge in [-0.05, 0) is 41.8 Å². The Morgan fingerprint density at radius 3 is 1.50 bits per heavy atom. The Balaban J connectivity index is 1.75. The summed E-state index contributed by atoms with van der Waals surface area (Å²) >= 11 is 0. The molecule has 0 saturated carbocycles. The van der Waals surface area contributed by atoms with Crippen molar-refractivity contribution in [1.82, 2.24) is 8.61 Å². The van der Waals surface area contributed by atoms with E-state index in [1.54, 1.807) is 24.3 Å². The van der Waals surface area contributed by atoms with Crippen molar-refractivity contribution < 1.29 is 17.2 Å². The molecule has 1 aliphatic rings. The maximum absolute atomic E-state index is 13.0. The molecule has 1 heterocycles.